The maximum Gasteiger partial charge on any atom is 0.243 e. The van der Waals surface area contributed by atoms with Crippen LogP contribution in [0.5, 0.6) is 0 Å². The number of aryl methyl sites for hydroxylation is 1. The number of benzene rings is 2. The fraction of sp³-hybridized carbons (Fsp3) is 0.333. The van der Waals surface area contributed by atoms with Gasteiger partial charge < -0.3 is 4.74 Å². The molecule has 0 radical (unpaired) electrons. The van der Waals surface area contributed by atoms with Crippen LogP contribution in [0, 0.1) is 0 Å². The second kappa shape index (κ2) is 7.25. The molecule has 0 amide bonds. The molecule has 1 unspecified atom stereocenters. The molecule has 0 aliphatic carbocycles. The molecule has 1 atom stereocenters. The van der Waals surface area contributed by atoms with Crippen LogP contribution in [0.1, 0.15) is 12.0 Å². The van der Waals surface area contributed by atoms with Crippen LogP contribution in [-0.2, 0) is 21.2 Å². The number of hydrogen-bond acceptors (Lipinski definition) is 3. The number of rotatable bonds is 5. The van der Waals surface area contributed by atoms with Crippen molar-refractivity contribution in [3.8, 4) is 0 Å². The molecule has 1 aliphatic rings. The molecule has 4 nitrogen and oxygen atoms in total. The van der Waals surface area contributed by atoms with Crippen LogP contribution in [0.2, 0.25) is 0 Å². The van der Waals surface area contributed by atoms with E-state index in [4.69, 9.17) is 4.74 Å². The minimum atomic E-state index is -3.46. The normalized spacial score (nSPS) is 19.6. The van der Waals surface area contributed by atoms with Crippen LogP contribution in [0.3, 0.4) is 0 Å². The lowest BCUT2D eigenvalue weighted by molar-refractivity contribution is 0.0298. The topological polar surface area (TPSA) is 46.6 Å². The highest BCUT2D eigenvalue weighted by Gasteiger charge is 2.33. The number of hydrogen-bond donors (Lipinski definition) is 0. The molecule has 2 aromatic rings. The summed E-state index contributed by atoms with van der Waals surface area (Å²) in [6.07, 6.45) is 1.60. The highest BCUT2D eigenvalue weighted by atomic mass is 32.2. The Morgan fingerprint density at radius 2 is 1.65 bits per heavy atom. The molecule has 2 aromatic carbocycles. The smallest absolute Gasteiger partial charge is 0.243 e. The summed E-state index contributed by atoms with van der Waals surface area (Å²) in [6, 6.07) is 18.7. The minimum Gasteiger partial charge on any atom is -0.378 e. The van der Waals surface area contributed by atoms with Gasteiger partial charge in [0.2, 0.25) is 10.0 Å². The minimum absolute atomic E-state index is 0.117. The van der Waals surface area contributed by atoms with E-state index in [1.807, 2.05) is 24.3 Å². The van der Waals surface area contributed by atoms with Crippen LogP contribution in [-0.4, -0.2) is 38.5 Å². The summed E-state index contributed by atoms with van der Waals surface area (Å²) >= 11 is 0. The zero-order valence-corrected chi connectivity index (χ0v) is 13.8. The van der Waals surface area contributed by atoms with Gasteiger partial charge in [-0.1, -0.05) is 48.5 Å². The van der Waals surface area contributed by atoms with E-state index >= 15 is 0 Å². The summed E-state index contributed by atoms with van der Waals surface area (Å²) < 4.78 is 32.9. The average Bonchev–Trinajstić information content (AvgIpc) is 2.62. The van der Waals surface area contributed by atoms with Crippen LogP contribution in [0.25, 0.3) is 0 Å². The second-order valence-corrected chi connectivity index (χ2v) is 7.57. The molecule has 1 aliphatic heterocycles. The van der Waals surface area contributed by atoms with Gasteiger partial charge in [0.15, 0.2) is 0 Å². The number of nitrogens with zero attached hydrogens (tertiary/aromatic N) is 1. The van der Waals surface area contributed by atoms with Crippen molar-refractivity contribution in [2.45, 2.75) is 23.8 Å². The van der Waals surface area contributed by atoms with E-state index in [1.165, 1.54) is 5.56 Å². The Kier molecular flexibility index (Phi) is 5.10. The molecule has 1 heterocycles. The van der Waals surface area contributed by atoms with Gasteiger partial charge in [-0.2, -0.15) is 4.31 Å². The fourth-order valence-electron chi connectivity index (χ4n) is 2.89. The highest BCUT2D eigenvalue weighted by Crippen LogP contribution is 2.23. The van der Waals surface area contributed by atoms with Crippen molar-refractivity contribution in [3.63, 3.8) is 0 Å². The van der Waals surface area contributed by atoms with Gasteiger partial charge in [-0.15, -0.1) is 0 Å². The van der Waals surface area contributed by atoms with Gasteiger partial charge in [0.25, 0.3) is 0 Å². The van der Waals surface area contributed by atoms with Crippen LogP contribution in [0.15, 0.2) is 65.6 Å². The zero-order chi connectivity index (χ0) is 16.1. The van der Waals surface area contributed by atoms with Crippen molar-refractivity contribution in [2.75, 3.05) is 19.8 Å². The van der Waals surface area contributed by atoms with Crippen molar-refractivity contribution in [1.82, 2.24) is 4.31 Å². The number of morpholine rings is 1. The van der Waals surface area contributed by atoms with Crippen molar-refractivity contribution < 1.29 is 13.2 Å². The van der Waals surface area contributed by atoms with Gasteiger partial charge in [-0.25, -0.2) is 8.42 Å². The van der Waals surface area contributed by atoms with Gasteiger partial charge in [0, 0.05) is 12.6 Å². The Labute approximate surface area is 137 Å². The van der Waals surface area contributed by atoms with E-state index in [-0.39, 0.29) is 6.04 Å². The van der Waals surface area contributed by atoms with E-state index in [0.29, 0.717) is 24.7 Å². The number of ether oxygens (including phenoxy) is 1. The Morgan fingerprint density at radius 3 is 2.35 bits per heavy atom. The predicted molar refractivity (Wildman–Crippen MR) is 89.7 cm³/mol. The number of sulfonamides is 1. The average molecular weight is 331 g/mol. The molecular formula is C18H21NO3S. The van der Waals surface area contributed by atoms with Crippen LogP contribution in [0.4, 0.5) is 0 Å². The highest BCUT2D eigenvalue weighted by molar-refractivity contribution is 7.89. The first kappa shape index (κ1) is 16.2. The summed E-state index contributed by atoms with van der Waals surface area (Å²) in [4.78, 5) is 0.353. The summed E-state index contributed by atoms with van der Waals surface area (Å²) in [6.45, 7) is 1.32. The molecule has 1 fully saturated rings. The summed E-state index contributed by atoms with van der Waals surface area (Å²) in [5.41, 5.74) is 1.22. The molecule has 23 heavy (non-hydrogen) atoms. The van der Waals surface area contributed by atoms with Crippen molar-refractivity contribution in [3.05, 3.63) is 66.2 Å². The van der Waals surface area contributed by atoms with Gasteiger partial charge in [-0.05, 0) is 30.5 Å². The first-order chi connectivity index (χ1) is 11.2. The molecular weight excluding hydrogens is 310 g/mol. The van der Waals surface area contributed by atoms with Gasteiger partial charge in [0.05, 0.1) is 18.1 Å². The molecule has 0 aromatic heterocycles. The SMILES string of the molecule is O=S(=O)(c1ccccc1)N1CCOCC1CCc1ccccc1. The molecule has 0 N–H and O–H groups in total. The molecule has 0 saturated carbocycles. The quantitative estimate of drug-likeness (QED) is 0.846. The Balaban J connectivity index is 1.76. The fourth-order valence-corrected chi connectivity index (χ4v) is 4.53. The Bertz CT molecular complexity index is 716. The largest absolute Gasteiger partial charge is 0.378 e. The molecule has 0 spiro atoms. The van der Waals surface area contributed by atoms with E-state index in [1.54, 1.807) is 28.6 Å². The zero-order valence-electron chi connectivity index (χ0n) is 13.0. The molecule has 122 valence electrons. The monoisotopic (exact) mass is 331 g/mol. The van der Waals surface area contributed by atoms with E-state index in [2.05, 4.69) is 12.1 Å². The maximum atomic E-state index is 12.9. The first-order valence-corrected chi connectivity index (χ1v) is 9.30. The van der Waals surface area contributed by atoms with Crippen LogP contribution < -0.4 is 0 Å². The summed E-state index contributed by atoms with van der Waals surface area (Å²) in [5, 5.41) is 0. The van der Waals surface area contributed by atoms with Gasteiger partial charge in [-0.3, -0.25) is 0 Å². The standard InChI is InChI=1S/C18H21NO3S/c20-23(21,18-9-5-2-6-10-18)19-13-14-22-15-17(19)12-11-16-7-3-1-4-8-16/h1-10,17H,11-15H2. The van der Waals surface area contributed by atoms with Crippen molar-refractivity contribution in [1.29, 1.82) is 0 Å². The molecule has 3 rings (SSSR count). The van der Waals surface area contributed by atoms with E-state index < -0.39 is 10.0 Å². The lowest BCUT2D eigenvalue weighted by Crippen LogP contribution is -2.48. The van der Waals surface area contributed by atoms with E-state index in [9.17, 15) is 8.42 Å². The summed E-state index contributed by atoms with van der Waals surface area (Å²) in [5.74, 6) is 0. The third-order valence-corrected chi connectivity index (χ3v) is 6.10. The van der Waals surface area contributed by atoms with Crippen molar-refractivity contribution >= 4 is 10.0 Å². The Hall–Kier alpha value is -1.69. The van der Waals surface area contributed by atoms with E-state index in [0.717, 1.165) is 12.8 Å². The van der Waals surface area contributed by atoms with Gasteiger partial charge >= 0.3 is 0 Å². The second-order valence-electron chi connectivity index (χ2n) is 5.68. The molecule has 5 heteroatoms. The molecule has 0 bridgehead atoms. The first-order valence-electron chi connectivity index (χ1n) is 7.86. The summed E-state index contributed by atoms with van der Waals surface area (Å²) in [7, 11) is -3.46. The maximum absolute atomic E-state index is 12.9. The molecule has 1 saturated heterocycles. The Morgan fingerprint density at radius 1 is 1.00 bits per heavy atom. The van der Waals surface area contributed by atoms with Crippen molar-refractivity contribution in [2.24, 2.45) is 0 Å². The lowest BCUT2D eigenvalue weighted by atomic mass is 10.1. The van der Waals surface area contributed by atoms with Gasteiger partial charge in [0.1, 0.15) is 0 Å². The predicted octanol–water partition coefficient (Wildman–Crippen LogP) is 2.71. The third-order valence-electron chi connectivity index (χ3n) is 4.13. The van der Waals surface area contributed by atoms with Crippen LogP contribution >= 0.6 is 0 Å². The lowest BCUT2D eigenvalue weighted by Gasteiger charge is -2.34. The third kappa shape index (κ3) is 3.80.